The predicted octanol–water partition coefficient (Wildman–Crippen LogP) is 8.12. The SMILES string of the molecule is CC=CCCc1c(F)cc(CCc2ncc(-c3ccc(C(F)=C(F)CCC)cc3)cn2)cc1F. The summed E-state index contributed by atoms with van der Waals surface area (Å²) in [6.45, 7) is 3.66. The number of allylic oxidation sites excluding steroid dienone is 3. The molecule has 2 aromatic carbocycles. The van der Waals surface area contributed by atoms with Crippen molar-refractivity contribution in [1.29, 1.82) is 0 Å². The van der Waals surface area contributed by atoms with E-state index in [1.54, 1.807) is 31.5 Å². The molecule has 0 unspecified atom stereocenters. The lowest BCUT2D eigenvalue weighted by Gasteiger charge is -2.08. The lowest BCUT2D eigenvalue weighted by atomic mass is 10.0. The largest absolute Gasteiger partial charge is 0.241 e. The van der Waals surface area contributed by atoms with E-state index in [-0.39, 0.29) is 17.5 Å². The maximum absolute atomic E-state index is 14.3. The number of halogens is 4. The maximum atomic E-state index is 14.3. The molecule has 1 heterocycles. The van der Waals surface area contributed by atoms with Gasteiger partial charge in [-0.2, -0.15) is 0 Å². The Labute approximate surface area is 198 Å². The number of benzene rings is 2. The van der Waals surface area contributed by atoms with Crippen molar-refractivity contribution < 1.29 is 17.6 Å². The van der Waals surface area contributed by atoms with E-state index >= 15 is 0 Å². The molecule has 3 aromatic rings. The highest BCUT2D eigenvalue weighted by atomic mass is 19.2. The van der Waals surface area contributed by atoms with Crippen LogP contribution in [0.2, 0.25) is 0 Å². The molecule has 0 fully saturated rings. The third-order valence-corrected chi connectivity index (χ3v) is 5.52. The van der Waals surface area contributed by atoms with Gasteiger partial charge in [0.15, 0.2) is 5.83 Å². The third-order valence-electron chi connectivity index (χ3n) is 5.52. The van der Waals surface area contributed by atoms with Crippen LogP contribution in [-0.2, 0) is 19.3 Å². The molecule has 1 aromatic heterocycles. The summed E-state index contributed by atoms with van der Waals surface area (Å²) in [5.74, 6) is -2.08. The summed E-state index contributed by atoms with van der Waals surface area (Å²) in [7, 11) is 0. The smallest absolute Gasteiger partial charge is 0.161 e. The average Bonchev–Trinajstić information content (AvgIpc) is 2.84. The molecule has 3 rings (SSSR count). The molecule has 0 atom stereocenters. The van der Waals surface area contributed by atoms with Crippen molar-refractivity contribution in [2.24, 2.45) is 0 Å². The molecule has 0 aliphatic carbocycles. The maximum Gasteiger partial charge on any atom is 0.161 e. The third kappa shape index (κ3) is 6.62. The molecule has 0 saturated carbocycles. The van der Waals surface area contributed by atoms with Gasteiger partial charge in [-0.05, 0) is 55.9 Å². The Balaban J connectivity index is 1.64. The summed E-state index contributed by atoms with van der Waals surface area (Å²) >= 11 is 0. The Bertz CT molecular complexity index is 1130. The van der Waals surface area contributed by atoms with Crippen LogP contribution < -0.4 is 0 Å². The van der Waals surface area contributed by atoms with Crippen LogP contribution in [0.25, 0.3) is 17.0 Å². The number of rotatable bonds is 10. The lowest BCUT2D eigenvalue weighted by molar-refractivity contribution is 0.551. The zero-order valence-electron chi connectivity index (χ0n) is 19.4. The molecule has 0 saturated heterocycles. The fourth-order valence-corrected chi connectivity index (χ4v) is 3.62. The summed E-state index contributed by atoms with van der Waals surface area (Å²) in [6, 6.07) is 9.19. The van der Waals surface area contributed by atoms with E-state index in [9.17, 15) is 17.6 Å². The number of aromatic nitrogens is 2. The Hall–Kier alpha value is -3.28. The summed E-state index contributed by atoms with van der Waals surface area (Å²) in [4.78, 5) is 8.69. The summed E-state index contributed by atoms with van der Waals surface area (Å²) in [6.07, 6.45) is 9.39. The zero-order valence-corrected chi connectivity index (χ0v) is 19.4. The van der Waals surface area contributed by atoms with Gasteiger partial charge in [-0.3, -0.25) is 0 Å². The van der Waals surface area contributed by atoms with Crippen molar-refractivity contribution in [3.63, 3.8) is 0 Å². The van der Waals surface area contributed by atoms with Gasteiger partial charge in [0.05, 0.1) is 0 Å². The first-order valence-corrected chi connectivity index (χ1v) is 11.5. The van der Waals surface area contributed by atoms with E-state index in [0.29, 0.717) is 43.5 Å². The monoisotopic (exact) mass is 468 g/mol. The van der Waals surface area contributed by atoms with Gasteiger partial charge in [0.25, 0.3) is 0 Å². The minimum Gasteiger partial charge on any atom is -0.241 e. The number of hydrogen-bond donors (Lipinski definition) is 0. The first kappa shape index (κ1) is 25.3. The lowest BCUT2D eigenvalue weighted by Crippen LogP contribution is -2.02. The molecule has 6 heteroatoms. The molecule has 0 amide bonds. The Morgan fingerprint density at radius 2 is 1.53 bits per heavy atom. The fraction of sp³-hybridized carbons (Fsp3) is 0.286. The summed E-state index contributed by atoms with van der Waals surface area (Å²) in [5, 5.41) is 0. The molecule has 34 heavy (non-hydrogen) atoms. The fourth-order valence-electron chi connectivity index (χ4n) is 3.62. The van der Waals surface area contributed by atoms with Crippen LogP contribution in [-0.4, -0.2) is 9.97 Å². The molecule has 0 radical (unpaired) electrons. The standard InChI is InChI=1S/C28H28F4N2/c1-3-5-6-8-23-25(30)15-19(16-26(23)31)9-14-27-33-17-22(18-34-27)20-10-12-21(13-11-20)28(32)24(29)7-4-2/h3,5,10-13,15-18H,4,6-9,14H2,1-2H3. The van der Waals surface area contributed by atoms with Gasteiger partial charge in [-0.25, -0.2) is 27.5 Å². The highest BCUT2D eigenvalue weighted by Crippen LogP contribution is 2.27. The first-order chi connectivity index (χ1) is 16.4. The van der Waals surface area contributed by atoms with Crippen LogP contribution in [0.4, 0.5) is 17.6 Å². The van der Waals surface area contributed by atoms with E-state index in [2.05, 4.69) is 9.97 Å². The highest BCUT2D eigenvalue weighted by Gasteiger charge is 2.12. The number of nitrogens with zero attached hydrogens (tertiary/aromatic N) is 2. The normalized spacial score (nSPS) is 12.3. The van der Waals surface area contributed by atoms with E-state index in [1.807, 2.05) is 19.1 Å². The van der Waals surface area contributed by atoms with Crippen molar-refractivity contribution >= 4 is 5.83 Å². The molecule has 0 bridgehead atoms. The average molecular weight is 469 g/mol. The van der Waals surface area contributed by atoms with E-state index in [4.69, 9.17) is 0 Å². The van der Waals surface area contributed by atoms with Crippen molar-refractivity contribution in [3.8, 4) is 11.1 Å². The molecule has 0 aliphatic heterocycles. The summed E-state index contributed by atoms with van der Waals surface area (Å²) < 4.78 is 56.5. The highest BCUT2D eigenvalue weighted by molar-refractivity contribution is 5.67. The van der Waals surface area contributed by atoms with Crippen molar-refractivity contribution in [2.45, 2.75) is 52.4 Å². The predicted molar refractivity (Wildman–Crippen MR) is 128 cm³/mol. The van der Waals surface area contributed by atoms with Gasteiger partial charge < -0.3 is 0 Å². The quantitative estimate of drug-likeness (QED) is 0.222. The van der Waals surface area contributed by atoms with Crippen molar-refractivity contribution in [2.75, 3.05) is 0 Å². The topological polar surface area (TPSA) is 25.8 Å². The van der Waals surface area contributed by atoms with Gasteiger partial charge in [-0.1, -0.05) is 43.3 Å². The minimum atomic E-state index is -0.835. The Kier molecular flexibility index (Phi) is 9.14. The van der Waals surface area contributed by atoms with Gasteiger partial charge >= 0.3 is 0 Å². The van der Waals surface area contributed by atoms with Crippen LogP contribution in [0.1, 0.15) is 55.6 Å². The van der Waals surface area contributed by atoms with Gasteiger partial charge in [-0.15, -0.1) is 0 Å². The molecule has 2 nitrogen and oxygen atoms in total. The van der Waals surface area contributed by atoms with Gasteiger partial charge in [0, 0.05) is 41.9 Å². The molecular formula is C28H28F4N2. The van der Waals surface area contributed by atoms with E-state index < -0.39 is 23.3 Å². The van der Waals surface area contributed by atoms with Crippen LogP contribution in [0, 0.1) is 11.6 Å². The molecule has 0 aliphatic rings. The number of aryl methyl sites for hydroxylation is 2. The second kappa shape index (κ2) is 12.3. The second-order valence-electron chi connectivity index (χ2n) is 8.08. The van der Waals surface area contributed by atoms with Crippen LogP contribution in [0.5, 0.6) is 0 Å². The van der Waals surface area contributed by atoms with Crippen molar-refractivity contribution in [1.82, 2.24) is 9.97 Å². The molecule has 0 spiro atoms. The Morgan fingerprint density at radius 3 is 2.12 bits per heavy atom. The molecule has 0 N–H and O–H groups in total. The van der Waals surface area contributed by atoms with Gasteiger partial charge in [0.1, 0.15) is 23.3 Å². The Morgan fingerprint density at radius 1 is 0.882 bits per heavy atom. The summed E-state index contributed by atoms with van der Waals surface area (Å²) in [5.41, 5.74) is 2.36. The van der Waals surface area contributed by atoms with Crippen molar-refractivity contribution in [3.05, 3.63) is 101 Å². The van der Waals surface area contributed by atoms with Crippen LogP contribution in [0.3, 0.4) is 0 Å². The molecular weight excluding hydrogens is 440 g/mol. The van der Waals surface area contributed by atoms with Gasteiger partial charge in [0.2, 0.25) is 0 Å². The van der Waals surface area contributed by atoms with E-state index in [0.717, 1.165) is 11.1 Å². The van der Waals surface area contributed by atoms with Crippen LogP contribution >= 0.6 is 0 Å². The van der Waals surface area contributed by atoms with Crippen LogP contribution in [0.15, 0.2) is 66.8 Å². The minimum absolute atomic E-state index is 0.0723. The zero-order chi connectivity index (χ0) is 24.5. The number of hydrogen-bond acceptors (Lipinski definition) is 2. The van der Waals surface area contributed by atoms with E-state index in [1.165, 1.54) is 24.3 Å². The second-order valence-corrected chi connectivity index (χ2v) is 8.08. The molecule has 178 valence electrons. The first-order valence-electron chi connectivity index (χ1n) is 11.5.